The third kappa shape index (κ3) is 3.90. The first-order chi connectivity index (χ1) is 3.81. The van der Waals surface area contributed by atoms with E-state index in [1.165, 1.54) is 10.3 Å². The van der Waals surface area contributed by atoms with Crippen LogP contribution >= 0.6 is 0 Å². The van der Waals surface area contributed by atoms with E-state index in [2.05, 4.69) is 10.5 Å². The molecule has 0 spiro atoms. The van der Waals surface area contributed by atoms with Crippen molar-refractivity contribution in [2.24, 2.45) is 10.5 Å². The normalized spacial score (nSPS) is 8.62. The van der Waals surface area contributed by atoms with Crippen LogP contribution in [0.15, 0.2) is 10.5 Å². The molecule has 0 saturated carbocycles. The zero-order valence-electron chi connectivity index (χ0n) is 4.24. The van der Waals surface area contributed by atoms with E-state index in [0.717, 1.165) is 0 Å². The number of nitrogens with zero attached hydrogens (tertiary/aromatic N) is 3. The maximum atomic E-state index is 9.57. The van der Waals surface area contributed by atoms with E-state index >= 15 is 0 Å². The summed E-state index contributed by atoms with van der Waals surface area (Å²) in [5.74, 6) is 0. The van der Waals surface area contributed by atoms with Gasteiger partial charge in [-0.05, 0) is 0 Å². The number of hydrogen-bond donors (Lipinski definition) is 0. The van der Waals surface area contributed by atoms with Gasteiger partial charge in [-0.2, -0.15) is 0 Å². The Bertz CT molecular complexity index is 87.4. The topological polar surface area (TPSA) is 62.1 Å². The van der Waals surface area contributed by atoms with E-state index in [4.69, 9.17) is 0 Å². The fourth-order valence-electron chi connectivity index (χ4n) is 0.121. The van der Waals surface area contributed by atoms with Crippen LogP contribution in [-0.4, -0.2) is 14.8 Å². The third-order valence-electron chi connectivity index (χ3n) is 0.388. The molecule has 0 rings (SSSR count). The maximum absolute atomic E-state index is 9.57. The Hall–Kier alpha value is -0.270. The van der Waals surface area contributed by atoms with E-state index in [0.29, 0.717) is 0 Å². The van der Waals surface area contributed by atoms with E-state index in [-0.39, 0.29) is 4.55 Å². The molecule has 0 aliphatic rings. The summed E-state index contributed by atoms with van der Waals surface area (Å²) < 4.78 is 1.45. The SMILES string of the molecule is CN(N=O)[I-]CN=O. The molecule has 0 aliphatic heterocycles. The van der Waals surface area contributed by atoms with Crippen LogP contribution in [0.5, 0.6) is 0 Å². The minimum absolute atomic E-state index is 0.223. The van der Waals surface area contributed by atoms with Gasteiger partial charge in [0.05, 0.1) is 0 Å². The molecule has 0 N–H and O–H groups in total. The minimum atomic E-state index is -0.563. The first-order valence-corrected chi connectivity index (χ1v) is 4.26. The fraction of sp³-hybridized carbons (Fsp3) is 1.00. The molecule has 0 radical (unpaired) electrons. The van der Waals surface area contributed by atoms with Gasteiger partial charge in [-0.15, -0.1) is 0 Å². The summed E-state index contributed by atoms with van der Waals surface area (Å²) in [4.78, 5) is 19.0. The van der Waals surface area contributed by atoms with E-state index in [1.54, 1.807) is 0 Å². The molecule has 0 aromatic carbocycles. The summed E-state index contributed by atoms with van der Waals surface area (Å²) >= 11 is -0.563. The van der Waals surface area contributed by atoms with Gasteiger partial charge in [-0.1, -0.05) is 0 Å². The van der Waals surface area contributed by atoms with Crippen molar-refractivity contribution in [1.82, 2.24) is 3.22 Å². The zero-order chi connectivity index (χ0) is 6.41. The molecule has 0 fully saturated rings. The third-order valence-corrected chi connectivity index (χ3v) is 2.13. The van der Waals surface area contributed by atoms with Crippen LogP contribution in [0, 0.1) is 9.81 Å². The van der Waals surface area contributed by atoms with Gasteiger partial charge in [-0.3, -0.25) is 0 Å². The molecule has 8 heavy (non-hydrogen) atoms. The second-order valence-corrected chi connectivity index (χ2v) is 3.66. The Morgan fingerprint density at radius 1 is 1.62 bits per heavy atom. The molecule has 0 bridgehead atoms. The second kappa shape index (κ2) is 4.88. The molecule has 5 nitrogen and oxygen atoms in total. The van der Waals surface area contributed by atoms with Crippen molar-refractivity contribution in [3.63, 3.8) is 0 Å². The molecule has 0 atom stereocenters. The van der Waals surface area contributed by atoms with Crippen molar-refractivity contribution >= 4 is 0 Å². The van der Waals surface area contributed by atoms with Gasteiger partial charge >= 0.3 is 56.6 Å². The summed E-state index contributed by atoms with van der Waals surface area (Å²) in [7, 11) is 1.53. The van der Waals surface area contributed by atoms with Gasteiger partial charge in [0.1, 0.15) is 0 Å². The average molecular weight is 230 g/mol. The number of hydrogen-bond acceptors (Lipinski definition) is 4. The Morgan fingerprint density at radius 2 is 2.25 bits per heavy atom. The van der Waals surface area contributed by atoms with Crippen LogP contribution in [0.1, 0.15) is 0 Å². The molecule has 0 heterocycles. The summed E-state index contributed by atoms with van der Waals surface area (Å²) in [6.07, 6.45) is 0. The summed E-state index contributed by atoms with van der Waals surface area (Å²) in [6.45, 7) is 0. The molecule has 0 amide bonds. The van der Waals surface area contributed by atoms with Gasteiger partial charge < -0.3 is 0 Å². The number of halogens is 1. The average Bonchev–Trinajstić information content (AvgIpc) is 1.83. The number of nitroso groups, excluding NO2 is 2. The zero-order valence-corrected chi connectivity index (χ0v) is 6.40. The second-order valence-electron chi connectivity index (χ2n) is 0.894. The monoisotopic (exact) mass is 230 g/mol. The van der Waals surface area contributed by atoms with Crippen molar-refractivity contribution in [1.29, 1.82) is 0 Å². The van der Waals surface area contributed by atoms with Crippen molar-refractivity contribution in [2.75, 3.05) is 11.6 Å². The Morgan fingerprint density at radius 3 is 2.62 bits per heavy atom. The van der Waals surface area contributed by atoms with Gasteiger partial charge in [0.2, 0.25) is 0 Å². The predicted octanol–water partition coefficient (Wildman–Crippen LogP) is -2.67. The van der Waals surface area contributed by atoms with E-state index < -0.39 is 21.5 Å². The van der Waals surface area contributed by atoms with Crippen LogP contribution in [0.25, 0.3) is 0 Å². The van der Waals surface area contributed by atoms with Crippen LogP contribution in [0.2, 0.25) is 0 Å². The van der Waals surface area contributed by atoms with Gasteiger partial charge in [0.15, 0.2) is 0 Å². The molecule has 0 aliphatic carbocycles. The summed E-state index contributed by atoms with van der Waals surface area (Å²) in [5.41, 5.74) is 0. The number of rotatable bonds is 4. The number of alkyl halides is 1. The fourth-order valence-corrected chi connectivity index (χ4v) is 0.812. The molecular formula is C2H5IN3O2-. The van der Waals surface area contributed by atoms with Crippen molar-refractivity contribution in [3.8, 4) is 0 Å². The molecule has 0 aromatic rings. The molecular weight excluding hydrogens is 225 g/mol. The van der Waals surface area contributed by atoms with Crippen LogP contribution in [-0.2, 0) is 0 Å². The van der Waals surface area contributed by atoms with Crippen molar-refractivity contribution in [3.05, 3.63) is 9.81 Å². The van der Waals surface area contributed by atoms with Gasteiger partial charge in [0.25, 0.3) is 0 Å². The van der Waals surface area contributed by atoms with Crippen molar-refractivity contribution in [2.45, 2.75) is 0 Å². The Kier molecular flexibility index (Phi) is 4.71. The summed E-state index contributed by atoms with van der Waals surface area (Å²) in [6, 6.07) is 0. The summed E-state index contributed by atoms with van der Waals surface area (Å²) in [5, 5.41) is 5.14. The first kappa shape index (κ1) is 7.73. The molecule has 0 unspecified atom stereocenters. The first-order valence-electron chi connectivity index (χ1n) is 1.76. The van der Waals surface area contributed by atoms with Crippen LogP contribution in [0.4, 0.5) is 0 Å². The van der Waals surface area contributed by atoms with E-state index in [9.17, 15) is 9.81 Å². The van der Waals surface area contributed by atoms with Crippen LogP contribution in [0.3, 0.4) is 0 Å². The standard InChI is InChI=1S/C2H5IN3O2/c1-6(5-8)3-2-4-7/h2H2,1H3/q-1. The molecule has 48 valence electrons. The van der Waals surface area contributed by atoms with Crippen LogP contribution < -0.4 is 21.5 Å². The molecule has 6 heteroatoms. The van der Waals surface area contributed by atoms with Crippen molar-refractivity contribution < 1.29 is 21.5 Å². The quantitative estimate of drug-likeness (QED) is 0.132. The Balaban J connectivity index is 3.09. The molecule has 0 aromatic heterocycles. The van der Waals surface area contributed by atoms with E-state index in [1.807, 2.05) is 0 Å². The molecule has 0 saturated heterocycles. The predicted molar refractivity (Wildman–Crippen MR) is 24.2 cm³/mol. The van der Waals surface area contributed by atoms with Gasteiger partial charge in [-0.25, -0.2) is 0 Å². The van der Waals surface area contributed by atoms with Gasteiger partial charge in [0, 0.05) is 0 Å². The Labute approximate surface area is 57.0 Å².